The van der Waals surface area contributed by atoms with Crippen molar-refractivity contribution in [3.05, 3.63) is 84.4 Å². The second kappa shape index (κ2) is 9.67. The van der Waals surface area contributed by atoms with Gasteiger partial charge in [0, 0.05) is 12.7 Å². The Bertz CT molecular complexity index is 1180. The van der Waals surface area contributed by atoms with Crippen molar-refractivity contribution in [2.24, 2.45) is 0 Å². The third kappa shape index (κ3) is 5.93. The van der Waals surface area contributed by atoms with Crippen molar-refractivity contribution in [2.45, 2.75) is 44.1 Å². The van der Waals surface area contributed by atoms with Crippen molar-refractivity contribution in [3.63, 3.8) is 0 Å². The maximum absolute atomic E-state index is 12.9. The van der Waals surface area contributed by atoms with Crippen LogP contribution in [-0.2, 0) is 20.2 Å². The van der Waals surface area contributed by atoms with Gasteiger partial charge in [0.15, 0.2) is 6.10 Å². The summed E-state index contributed by atoms with van der Waals surface area (Å²) in [5.74, 6) is 0.281. The topological polar surface area (TPSA) is 75.7 Å². The van der Waals surface area contributed by atoms with Gasteiger partial charge in [-0.2, -0.15) is 0 Å². The van der Waals surface area contributed by atoms with Crippen LogP contribution in [0.2, 0.25) is 0 Å². The van der Waals surface area contributed by atoms with E-state index in [1.165, 1.54) is 29.0 Å². The number of hydrogen-bond acceptors (Lipinski definition) is 4. The Kier molecular flexibility index (Phi) is 7.12. The molecule has 0 heterocycles. The molecule has 1 atom stereocenters. The first kappa shape index (κ1) is 24.3. The van der Waals surface area contributed by atoms with Crippen molar-refractivity contribution in [3.8, 4) is 5.75 Å². The number of benzene rings is 3. The van der Waals surface area contributed by atoms with E-state index >= 15 is 0 Å². The highest BCUT2D eigenvalue weighted by Gasteiger charge is 2.22. The zero-order valence-corrected chi connectivity index (χ0v) is 20.4. The number of sulfonamides is 1. The van der Waals surface area contributed by atoms with Gasteiger partial charge in [-0.05, 0) is 66.4 Å². The van der Waals surface area contributed by atoms with Gasteiger partial charge >= 0.3 is 0 Å². The molecule has 0 saturated carbocycles. The average molecular weight is 467 g/mol. The smallest absolute Gasteiger partial charge is 0.265 e. The van der Waals surface area contributed by atoms with Crippen LogP contribution in [0.1, 0.15) is 33.3 Å². The van der Waals surface area contributed by atoms with Gasteiger partial charge < -0.3 is 10.1 Å². The molecule has 0 fully saturated rings. The first-order valence-corrected chi connectivity index (χ1v) is 12.1. The molecule has 0 aromatic heterocycles. The van der Waals surface area contributed by atoms with Crippen LogP contribution in [0.4, 0.5) is 11.4 Å². The zero-order chi connectivity index (χ0) is 24.2. The number of carbonyl (C=O) groups is 1. The van der Waals surface area contributed by atoms with E-state index in [1.54, 1.807) is 43.3 Å². The molecule has 7 heteroatoms. The summed E-state index contributed by atoms with van der Waals surface area (Å²) in [7, 11) is -2.21. The second-order valence-corrected chi connectivity index (χ2v) is 10.8. The number of nitrogens with one attached hydrogen (secondary N) is 1. The Morgan fingerprint density at radius 3 is 2.03 bits per heavy atom. The molecule has 0 saturated heterocycles. The molecule has 1 N–H and O–H groups in total. The minimum Gasteiger partial charge on any atom is -0.481 e. The Morgan fingerprint density at radius 1 is 0.909 bits per heavy atom. The van der Waals surface area contributed by atoms with Gasteiger partial charge in [0.2, 0.25) is 0 Å². The molecule has 0 aliphatic carbocycles. The predicted molar refractivity (Wildman–Crippen MR) is 132 cm³/mol. The lowest BCUT2D eigenvalue weighted by molar-refractivity contribution is -0.122. The SMILES string of the molecule is CC(Oc1ccc(C(C)(C)C)cc1)C(=O)Nc1ccc(S(=O)(=O)N(C)c2ccccc2)cc1. The number of anilines is 2. The van der Waals surface area contributed by atoms with E-state index in [0.29, 0.717) is 17.1 Å². The van der Waals surface area contributed by atoms with E-state index < -0.39 is 16.1 Å². The normalized spacial score (nSPS) is 12.6. The van der Waals surface area contributed by atoms with E-state index in [-0.39, 0.29) is 16.2 Å². The summed E-state index contributed by atoms with van der Waals surface area (Å²) in [6.07, 6.45) is -0.724. The van der Waals surface area contributed by atoms with Crippen molar-refractivity contribution >= 4 is 27.3 Å². The molecular weight excluding hydrogens is 436 g/mol. The summed E-state index contributed by atoms with van der Waals surface area (Å²) in [5, 5.41) is 2.76. The fourth-order valence-corrected chi connectivity index (χ4v) is 4.38. The first-order chi connectivity index (χ1) is 15.5. The lowest BCUT2D eigenvalue weighted by atomic mass is 9.87. The van der Waals surface area contributed by atoms with Crippen molar-refractivity contribution in [1.29, 1.82) is 0 Å². The van der Waals surface area contributed by atoms with Gasteiger partial charge in [0.05, 0.1) is 10.6 Å². The number of rotatable bonds is 7. The highest BCUT2D eigenvalue weighted by atomic mass is 32.2. The number of amides is 1. The fourth-order valence-electron chi connectivity index (χ4n) is 3.18. The molecule has 33 heavy (non-hydrogen) atoms. The molecule has 1 amide bonds. The molecule has 0 aliphatic rings. The van der Waals surface area contributed by atoms with E-state index in [4.69, 9.17) is 4.74 Å². The third-order valence-corrected chi connectivity index (χ3v) is 7.10. The Balaban J connectivity index is 1.63. The Labute approximate surface area is 196 Å². The molecule has 0 aliphatic heterocycles. The highest BCUT2D eigenvalue weighted by molar-refractivity contribution is 7.92. The van der Waals surface area contributed by atoms with E-state index in [0.717, 1.165) is 0 Å². The molecular formula is C26H30N2O4S. The third-order valence-electron chi connectivity index (χ3n) is 5.30. The van der Waals surface area contributed by atoms with Crippen molar-refractivity contribution in [1.82, 2.24) is 0 Å². The van der Waals surface area contributed by atoms with Crippen molar-refractivity contribution in [2.75, 3.05) is 16.7 Å². The van der Waals surface area contributed by atoms with Crippen LogP contribution in [0.25, 0.3) is 0 Å². The summed E-state index contributed by atoms with van der Waals surface area (Å²) in [5.41, 5.74) is 2.27. The molecule has 1 unspecified atom stereocenters. The molecule has 0 spiro atoms. The number of para-hydroxylation sites is 1. The van der Waals surface area contributed by atoms with Crippen LogP contribution in [0.3, 0.4) is 0 Å². The quantitative estimate of drug-likeness (QED) is 0.518. The van der Waals surface area contributed by atoms with Gasteiger partial charge in [-0.1, -0.05) is 51.1 Å². The fraction of sp³-hybridized carbons (Fsp3) is 0.269. The number of carbonyl (C=O) groups excluding carboxylic acids is 1. The maximum Gasteiger partial charge on any atom is 0.265 e. The van der Waals surface area contributed by atoms with Crippen LogP contribution >= 0.6 is 0 Å². The minimum absolute atomic E-state index is 0.0388. The zero-order valence-electron chi connectivity index (χ0n) is 19.6. The van der Waals surface area contributed by atoms with Crippen molar-refractivity contribution < 1.29 is 17.9 Å². The number of ether oxygens (including phenoxy) is 1. The summed E-state index contributed by atoms with van der Waals surface area (Å²) >= 11 is 0. The van der Waals surface area contributed by atoms with Gasteiger partial charge in [-0.25, -0.2) is 8.42 Å². The lowest BCUT2D eigenvalue weighted by Gasteiger charge is -2.20. The molecule has 6 nitrogen and oxygen atoms in total. The summed E-state index contributed by atoms with van der Waals surface area (Å²) in [6, 6.07) is 22.6. The predicted octanol–water partition coefficient (Wildman–Crippen LogP) is 5.22. The Morgan fingerprint density at radius 2 is 1.48 bits per heavy atom. The molecule has 174 valence electrons. The molecule has 3 aromatic carbocycles. The van der Waals surface area contributed by atoms with Gasteiger partial charge in [-0.3, -0.25) is 9.10 Å². The largest absolute Gasteiger partial charge is 0.481 e. The summed E-state index contributed by atoms with van der Waals surface area (Å²) < 4.78 is 32.7. The number of hydrogen-bond donors (Lipinski definition) is 1. The molecule has 0 bridgehead atoms. The second-order valence-electron chi connectivity index (χ2n) is 8.86. The maximum atomic E-state index is 12.9. The lowest BCUT2D eigenvalue weighted by Crippen LogP contribution is -2.30. The highest BCUT2D eigenvalue weighted by Crippen LogP contribution is 2.25. The van der Waals surface area contributed by atoms with Crippen LogP contribution in [0.5, 0.6) is 5.75 Å². The van der Waals surface area contributed by atoms with Crippen LogP contribution < -0.4 is 14.4 Å². The Hall–Kier alpha value is -3.32. The summed E-state index contributed by atoms with van der Waals surface area (Å²) in [4.78, 5) is 12.7. The first-order valence-electron chi connectivity index (χ1n) is 10.7. The monoisotopic (exact) mass is 466 g/mol. The van der Waals surface area contributed by atoms with E-state index in [9.17, 15) is 13.2 Å². The van der Waals surface area contributed by atoms with E-state index in [2.05, 4.69) is 26.1 Å². The average Bonchev–Trinajstić information content (AvgIpc) is 2.79. The van der Waals surface area contributed by atoms with Gasteiger partial charge in [0.1, 0.15) is 5.75 Å². The number of nitrogens with zero attached hydrogens (tertiary/aromatic N) is 1. The molecule has 0 radical (unpaired) electrons. The standard InChI is InChI=1S/C26H30N2O4S/c1-19(32-23-15-11-20(12-16-23)26(2,3)4)25(29)27-21-13-17-24(18-14-21)33(30,31)28(5)22-9-7-6-8-10-22/h6-19H,1-5H3,(H,27,29). The minimum atomic E-state index is -3.71. The summed E-state index contributed by atoms with van der Waals surface area (Å²) in [6.45, 7) is 8.07. The van der Waals surface area contributed by atoms with Crippen LogP contribution in [0.15, 0.2) is 83.8 Å². The van der Waals surface area contributed by atoms with Gasteiger partial charge in [-0.15, -0.1) is 0 Å². The van der Waals surface area contributed by atoms with E-state index in [1.807, 2.05) is 30.3 Å². The van der Waals surface area contributed by atoms with Crippen LogP contribution in [-0.4, -0.2) is 27.5 Å². The van der Waals surface area contributed by atoms with Crippen LogP contribution in [0, 0.1) is 0 Å². The molecule has 3 aromatic rings. The van der Waals surface area contributed by atoms with Gasteiger partial charge in [0.25, 0.3) is 15.9 Å². The molecule has 3 rings (SSSR count).